The average Bonchev–Trinajstić information content (AvgIpc) is 3.41. The number of hydrogen-bond acceptors (Lipinski definition) is 9. The first-order valence-corrected chi connectivity index (χ1v) is 22.9. The van der Waals surface area contributed by atoms with Crippen molar-refractivity contribution in [2.75, 3.05) is 55.1 Å². The summed E-state index contributed by atoms with van der Waals surface area (Å²) in [7, 11) is -3.65. The summed E-state index contributed by atoms with van der Waals surface area (Å²) in [4.78, 5) is 40.5. The van der Waals surface area contributed by atoms with Gasteiger partial charge in [-0.2, -0.15) is 4.40 Å². The number of aliphatic hydroxyl groups is 1. The van der Waals surface area contributed by atoms with E-state index in [2.05, 4.69) is 14.1 Å². The summed E-state index contributed by atoms with van der Waals surface area (Å²) in [6.45, 7) is 24.0. The van der Waals surface area contributed by atoms with Crippen molar-refractivity contribution in [3.63, 3.8) is 0 Å². The topological polar surface area (TPSA) is 186 Å². The number of carbonyl (C=O) groups excluding carboxylic acids is 2. The van der Waals surface area contributed by atoms with Crippen LogP contribution in [0.2, 0.25) is 10.0 Å². The Morgan fingerprint density at radius 2 is 1.17 bits per heavy atom. The predicted octanol–water partition coefficient (Wildman–Crippen LogP) is 5.97. The summed E-state index contributed by atoms with van der Waals surface area (Å²) in [5, 5.41) is 13.7. The third kappa shape index (κ3) is 13.5. The summed E-state index contributed by atoms with van der Waals surface area (Å²) < 4.78 is 49.5. The Labute approximate surface area is 368 Å². The molecule has 0 spiro atoms. The van der Waals surface area contributed by atoms with Crippen LogP contribution >= 0.6 is 47.6 Å². The van der Waals surface area contributed by atoms with Crippen molar-refractivity contribution in [1.82, 2.24) is 14.7 Å². The fraction of sp³-hybridized carbons (Fsp3) is 0.486. The maximum Gasteiger partial charge on any atom is 0.258 e. The molecular weight excluding hydrogens is 882 g/mol. The summed E-state index contributed by atoms with van der Waals surface area (Å²) in [6, 6.07) is 9.45. The number of benzene rings is 2. The molecule has 4 rings (SSSR count). The van der Waals surface area contributed by atoms with E-state index in [-0.39, 0.29) is 40.0 Å². The SMILES string of the molecule is CCO.[C-]#[N+]c1ccc(N2C(=O)C(C)(C)N(CCCCS(=O)(=O)N=CN(C)C)C2=S)cc1Cl.[C-]#[N+]c1ccc(N2C(=O)C(C)(C)N(CCCCS(N)(=O)=O)C2=S)cc1Cl. The zero-order valence-electron chi connectivity index (χ0n) is 33.8. The number of rotatable bonds is 14. The highest BCUT2D eigenvalue weighted by Gasteiger charge is 2.50. The zero-order valence-corrected chi connectivity index (χ0v) is 38.6. The van der Waals surface area contributed by atoms with Gasteiger partial charge in [-0.25, -0.2) is 31.7 Å². The molecule has 0 saturated carbocycles. The molecule has 2 aliphatic heterocycles. The lowest BCUT2D eigenvalue weighted by atomic mass is 10.0. The number of sulfonamides is 2. The van der Waals surface area contributed by atoms with Crippen molar-refractivity contribution in [3.8, 4) is 0 Å². The maximum absolute atomic E-state index is 13.0. The number of thiocarbonyl (C=S) groups is 2. The first-order chi connectivity index (χ1) is 27.3. The number of primary sulfonamides is 1. The number of carbonyl (C=O) groups is 2. The summed E-state index contributed by atoms with van der Waals surface area (Å²) in [6.07, 6.45) is 3.09. The molecule has 22 heteroatoms. The molecule has 16 nitrogen and oxygen atoms in total. The molecule has 2 aliphatic rings. The fourth-order valence-corrected chi connectivity index (χ4v) is 8.74. The van der Waals surface area contributed by atoms with E-state index in [1.54, 1.807) is 99.8 Å². The Hall–Kier alpha value is -3.99. The Kier molecular flexibility index (Phi) is 18.6. The Balaban J connectivity index is 0.000000385. The standard InChI is InChI=1S/C19H24ClN5O3S2.C16H19ClN4O3S2.C2H6O/c1-19(2)17(26)25(14-8-9-16(21-3)15(20)12-14)18(29)24(19)10-6-7-11-30(27,28)22-13-23(4)5;1-16(2)14(22)21(11-6-7-13(19-3)12(17)10-11)15(25)20(16)8-4-5-9-26(18,23)24;1-2-3/h8-9,12-13H,6-7,10-11H2,1-2,4-5H3;6-7,10H,4-5,8-9H2,1-2H3,(H2,18,23,24);3H,2H2,1H3. The first-order valence-electron chi connectivity index (χ1n) is 18.0. The van der Waals surface area contributed by atoms with Crippen LogP contribution in [0, 0.1) is 13.1 Å². The average molecular weight is 931 g/mol. The number of halogens is 2. The first kappa shape index (κ1) is 51.2. The zero-order chi connectivity index (χ0) is 45.1. The molecule has 0 radical (unpaired) electrons. The van der Waals surface area contributed by atoms with Gasteiger partial charge < -0.3 is 19.8 Å². The molecule has 2 aromatic carbocycles. The number of unbranched alkanes of at least 4 members (excludes halogenated alkanes) is 2. The Morgan fingerprint density at radius 1 is 0.797 bits per heavy atom. The van der Waals surface area contributed by atoms with Gasteiger partial charge in [-0.15, -0.1) is 0 Å². The van der Waals surface area contributed by atoms with E-state index in [1.807, 2.05) is 0 Å². The van der Waals surface area contributed by atoms with Crippen molar-refractivity contribution in [2.24, 2.45) is 9.54 Å². The lowest BCUT2D eigenvalue weighted by Gasteiger charge is -2.29. The van der Waals surface area contributed by atoms with Gasteiger partial charge in [0.05, 0.1) is 36.0 Å². The van der Waals surface area contributed by atoms with Crippen molar-refractivity contribution >= 4 is 119 Å². The minimum atomic E-state index is -3.53. The summed E-state index contributed by atoms with van der Waals surface area (Å²) in [5.74, 6) is -0.605. The van der Waals surface area contributed by atoms with Crippen molar-refractivity contribution in [2.45, 2.75) is 71.4 Å². The number of hydrogen-bond donors (Lipinski definition) is 2. The Bertz CT molecular complexity index is 2240. The van der Waals surface area contributed by atoms with Crippen LogP contribution in [0.4, 0.5) is 22.7 Å². The second kappa shape index (κ2) is 21.5. The molecule has 0 unspecified atom stereocenters. The lowest BCUT2D eigenvalue weighted by molar-refractivity contribution is -0.124. The van der Waals surface area contributed by atoms with Crippen molar-refractivity contribution in [1.29, 1.82) is 0 Å². The number of aliphatic hydroxyl groups excluding tert-OH is 1. The molecule has 0 aromatic heterocycles. The molecule has 322 valence electrons. The second-order valence-corrected chi connectivity index (χ2v) is 19.4. The largest absolute Gasteiger partial charge is 0.397 e. The maximum atomic E-state index is 13.0. The van der Waals surface area contributed by atoms with Crippen LogP contribution in [0.5, 0.6) is 0 Å². The second-order valence-electron chi connectivity index (χ2n) is 14.3. The van der Waals surface area contributed by atoms with E-state index in [4.69, 9.17) is 71.0 Å². The Morgan fingerprint density at radius 3 is 1.49 bits per heavy atom. The van der Waals surface area contributed by atoms with Gasteiger partial charge in [0.25, 0.3) is 21.8 Å². The molecule has 2 aromatic rings. The van der Waals surface area contributed by atoms with Crippen LogP contribution in [0.3, 0.4) is 0 Å². The molecule has 0 bridgehead atoms. The van der Waals surface area contributed by atoms with Crippen LogP contribution in [-0.2, 0) is 29.6 Å². The van der Waals surface area contributed by atoms with Crippen molar-refractivity contribution < 1.29 is 31.5 Å². The van der Waals surface area contributed by atoms with Crippen LogP contribution in [-0.4, -0.2) is 121 Å². The smallest absolute Gasteiger partial charge is 0.258 e. The number of amides is 2. The van der Waals surface area contributed by atoms with E-state index in [1.165, 1.54) is 16.1 Å². The van der Waals surface area contributed by atoms with Gasteiger partial charge in [-0.1, -0.05) is 35.3 Å². The third-order valence-corrected chi connectivity index (χ3v) is 12.3. The molecule has 59 heavy (non-hydrogen) atoms. The van der Waals surface area contributed by atoms with E-state index in [0.29, 0.717) is 71.7 Å². The molecule has 0 aliphatic carbocycles. The van der Waals surface area contributed by atoms with Crippen molar-refractivity contribution in [3.05, 3.63) is 69.3 Å². The molecule has 2 fully saturated rings. The van der Waals surface area contributed by atoms with Crippen LogP contribution in [0.25, 0.3) is 9.69 Å². The minimum Gasteiger partial charge on any atom is -0.397 e. The van der Waals surface area contributed by atoms with E-state index in [9.17, 15) is 26.4 Å². The van der Waals surface area contributed by atoms with Crippen LogP contribution in [0.15, 0.2) is 40.8 Å². The molecule has 2 saturated heterocycles. The monoisotopic (exact) mass is 929 g/mol. The van der Waals surface area contributed by atoms with E-state index in [0.717, 1.165) is 0 Å². The highest BCUT2D eigenvalue weighted by Crippen LogP contribution is 2.38. The minimum absolute atomic E-state index is 0.0796. The van der Waals surface area contributed by atoms with Crippen LogP contribution < -0.4 is 14.9 Å². The number of anilines is 2. The summed E-state index contributed by atoms with van der Waals surface area (Å²) in [5.41, 5.74) is -0.163. The number of nitrogens with zero attached hydrogens (tertiary/aromatic N) is 8. The van der Waals surface area contributed by atoms with Gasteiger partial charge in [0.1, 0.15) is 17.4 Å². The van der Waals surface area contributed by atoms with Gasteiger partial charge in [0.2, 0.25) is 21.4 Å². The van der Waals surface area contributed by atoms with Gasteiger partial charge in [0.15, 0.2) is 10.2 Å². The summed E-state index contributed by atoms with van der Waals surface area (Å²) >= 11 is 23.2. The fourth-order valence-electron chi connectivity index (χ4n) is 5.67. The van der Waals surface area contributed by atoms with Gasteiger partial charge in [0, 0.05) is 43.8 Å². The highest BCUT2D eigenvalue weighted by atomic mass is 35.5. The van der Waals surface area contributed by atoms with Gasteiger partial charge in [-0.05, 0) is 109 Å². The van der Waals surface area contributed by atoms with Gasteiger partial charge in [-0.3, -0.25) is 19.4 Å². The number of nitrogens with two attached hydrogens (primary N) is 1. The quantitative estimate of drug-likeness (QED) is 0.0745. The van der Waals surface area contributed by atoms with E-state index < -0.39 is 31.1 Å². The highest BCUT2D eigenvalue weighted by molar-refractivity contribution is 7.90. The predicted molar refractivity (Wildman–Crippen MR) is 242 cm³/mol. The molecule has 3 N–H and O–H groups in total. The van der Waals surface area contributed by atoms with Gasteiger partial charge >= 0.3 is 0 Å². The molecule has 2 heterocycles. The lowest BCUT2D eigenvalue weighted by Crippen LogP contribution is -2.44. The normalized spacial score (nSPS) is 16.1. The third-order valence-electron chi connectivity index (χ3n) is 8.80. The van der Waals surface area contributed by atoms with Crippen LogP contribution in [0.1, 0.15) is 60.3 Å². The van der Waals surface area contributed by atoms with E-state index >= 15 is 0 Å². The molecule has 2 amide bonds. The molecular formula is C37H49Cl2N9O7S4. The molecule has 0 atom stereocenters.